The van der Waals surface area contributed by atoms with E-state index < -0.39 is 5.97 Å². The molecule has 0 spiro atoms. The van der Waals surface area contributed by atoms with Gasteiger partial charge in [-0.05, 0) is 48.7 Å². The molecule has 0 radical (unpaired) electrons. The molecule has 1 aromatic heterocycles. The van der Waals surface area contributed by atoms with E-state index in [4.69, 9.17) is 14.6 Å². The number of aromatic nitrogens is 2. The first kappa shape index (κ1) is 21.0. The molecule has 0 bridgehead atoms. The molecule has 1 fully saturated rings. The monoisotopic (exact) mass is 418 g/mol. The average Bonchev–Trinajstić information content (AvgIpc) is 3.41. The second-order valence-corrected chi connectivity index (χ2v) is 7.88. The van der Waals surface area contributed by atoms with Crippen molar-refractivity contribution in [3.05, 3.63) is 59.8 Å². The van der Waals surface area contributed by atoms with Gasteiger partial charge in [0.1, 0.15) is 12.4 Å². The lowest BCUT2D eigenvalue weighted by atomic mass is 9.96. The van der Waals surface area contributed by atoms with Crippen LogP contribution in [0.3, 0.4) is 0 Å². The third kappa shape index (κ3) is 5.44. The fraction of sp³-hybridized carbons (Fsp3) is 0.360. The summed E-state index contributed by atoms with van der Waals surface area (Å²) in [5, 5.41) is 14.8. The van der Waals surface area contributed by atoms with Crippen LogP contribution in [0.1, 0.15) is 36.8 Å². The molecule has 2 heterocycles. The van der Waals surface area contributed by atoms with E-state index in [0.717, 1.165) is 54.0 Å². The summed E-state index contributed by atoms with van der Waals surface area (Å²) in [6, 6.07) is 13.7. The molecule has 6 heteroatoms. The lowest BCUT2D eigenvalue weighted by Gasteiger charge is -2.11. The Labute approximate surface area is 181 Å². The minimum Gasteiger partial charge on any atom is -0.489 e. The Kier molecular flexibility index (Phi) is 6.54. The molecule has 2 aromatic carbocycles. The maximum absolute atomic E-state index is 11.1. The molecule has 0 saturated carbocycles. The van der Waals surface area contributed by atoms with E-state index in [1.165, 1.54) is 0 Å². The topological polar surface area (TPSA) is 73.6 Å². The van der Waals surface area contributed by atoms with Gasteiger partial charge in [-0.3, -0.25) is 9.48 Å². The first-order valence-corrected chi connectivity index (χ1v) is 10.5. The summed E-state index contributed by atoms with van der Waals surface area (Å²) in [6.07, 6.45) is 3.17. The van der Waals surface area contributed by atoms with Crippen molar-refractivity contribution < 1.29 is 19.4 Å². The van der Waals surface area contributed by atoms with E-state index in [9.17, 15) is 4.79 Å². The Balaban J connectivity index is 1.38. The molecule has 6 nitrogen and oxygen atoms in total. The van der Waals surface area contributed by atoms with Gasteiger partial charge in [0.15, 0.2) is 0 Å². The maximum Gasteiger partial charge on any atom is 0.304 e. The molecule has 1 aliphatic heterocycles. The highest BCUT2D eigenvalue weighted by atomic mass is 16.5. The highest BCUT2D eigenvalue weighted by Gasteiger charge is 2.17. The average molecular weight is 418 g/mol. The van der Waals surface area contributed by atoms with Crippen LogP contribution in [0.2, 0.25) is 0 Å². The molecule has 1 N–H and O–H groups in total. The first-order chi connectivity index (χ1) is 15.1. The highest BCUT2D eigenvalue weighted by Crippen LogP contribution is 2.23. The summed E-state index contributed by atoms with van der Waals surface area (Å²) >= 11 is 0. The number of aliphatic carboxylic acids is 1. The van der Waals surface area contributed by atoms with Crippen LogP contribution in [0.15, 0.2) is 48.7 Å². The van der Waals surface area contributed by atoms with Gasteiger partial charge in [0, 0.05) is 30.7 Å². The molecule has 0 aliphatic carbocycles. The largest absolute Gasteiger partial charge is 0.489 e. The molecule has 1 unspecified atom stereocenters. The third-order valence-corrected chi connectivity index (χ3v) is 5.47. The Morgan fingerprint density at radius 2 is 2.16 bits per heavy atom. The zero-order chi connectivity index (χ0) is 21.6. The second kappa shape index (κ2) is 9.67. The Hall–Kier alpha value is -3.30. The van der Waals surface area contributed by atoms with E-state index in [2.05, 4.69) is 29.2 Å². The number of ether oxygens (including phenoxy) is 2. The molecule has 1 aliphatic rings. The van der Waals surface area contributed by atoms with Gasteiger partial charge in [0.05, 0.1) is 24.5 Å². The van der Waals surface area contributed by atoms with Gasteiger partial charge in [-0.2, -0.15) is 5.10 Å². The van der Waals surface area contributed by atoms with Crippen LogP contribution < -0.4 is 4.74 Å². The van der Waals surface area contributed by atoms with Crippen molar-refractivity contribution in [3.63, 3.8) is 0 Å². The number of hydrogen-bond donors (Lipinski definition) is 1. The molecule has 4 rings (SSSR count). The molecule has 1 saturated heterocycles. The van der Waals surface area contributed by atoms with Crippen LogP contribution in [-0.4, -0.2) is 34.1 Å². The Morgan fingerprint density at radius 1 is 1.32 bits per heavy atom. The van der Waals surface area contributed by atoms with Crippen molar-refractivity contribution in [2.75, 3.05) is 13.2 Å². The fourth-order valence-electron chi connectivity index (χ4n) is 3.87. The van der Waals surface area contributed by atoms with E-state index in [0.29, 0.717) is 12.5 Å². The van der Waals surface area contributed by atoms with Crippen LogP contribution in [0.25, 0.3) is 10.9 Å². The van der Waals surface area contributed by atoms with Crippen LogP contribution in [0, 0.1) is 17.8 Å². The number of benzene rings is 2. The molecule has 31 heavy (non-hydrogen) atoms. The normalized spacial score (nSPS) is 16.6. The zero-order valence-electron chi connectivity index (χ0n) is 17.6. The highest BCUT2D eigenvalue weighted by molar-refractivity contribution is 5.78. The minimum atomic E-state index is -0.858. The zero-order valence-corrected chi connectivity index (χ0v) is 17.6. The van der Waals surface area contributed by atoms with Crippen LogP contribution in [0.5, 0.6) is 5.75 Å². The van der Waals surface area contributed by atoms with Crippen LogP contribution in [0.4, 0.5) is 0 Å². The van der Waals surface area contributed by atoms with Gasteiger partial charge >= 0.3 is 5.97 Å². The number of carboxylic acids is 1. The fourth-order valence-corrected chi connectivity index (χ4v) is 3.87. The molecule has 160 valence electrons. The molecular weight excluding hydrogens is 392 g/mol. The predicted octanol–water partition coefficient (Wildman–Crippen LogP) is 4.23. The van der Waals surface area contributed by atoms with E-state index in [1.807, 2.05) is 41.1 Å². The molecule has 2 atom stereocenters. The number of hydrogen-bond acceptors (Lipinski definition) is 4. The standard InChI is InChI=1S/C25H26N2O4/c1-2-3-21(13-25(28)29)20-5-7-23(8-6-20)31-17-18-4-9-24-22(12-18)15-27(26-24)14-19-10-11-30-16-19/h4-9,12,15,19,21H,10-11,13-14,16-17H2,1H3,(H,28,29)/t19?,21-/m0/s1. The van der Waals surface area contributed by atoms with E-state index >= 15 is 0 Å². The number of carbonyl (C=O) groups is 1. The third-order valence-electron chi connectivity index (χ3n) is 5.47. The summed E-state index contributed by atoms with van der Waals surface area (Å²) < 4.78 is 13.4. The van der Waals surface area contributed by atoms with Crippen molar-refractivity contribution in [1.82, 2.24) is 9.78 Å². The van der Waals surface area contributed by atoms with Crippen LogP contribution >= 0.6 is 0 Å². The second-order valence-electron chi connectivity index (χ2n) is 7.88. The predicted molar refractivity (Wildman–Crippen MR) is 118 cm³/mol. The van der Waals surface area contributed by atoms with Crippen molar-refractivity contribution in [3.8, 4) is 17.6 Å². The summed E-state index contributed by atoms with van der Waals surface area (Å²) in [5.74, 6) is 5.88. The van der Waals surface area contributed by atoms with Gasteiger partial charge < -0.3 is 14.6 Å². The number of fused-ring (bicyclic) bond motifs is 1. The summed E-state index contributed by atoms with van der Waals surface area (Å²) in [4.78, 5) is 11.1. The van der Waals surface area contributed by atoms with Crippen LogP contribution in [-0.2, 0) is 22.7 Å². The van der Waals surface area contributed by atoms with Crippen molar-refractivity contribution in [1.29, 1.82) is 0 Å². The number of rotatable bonds is 8. The lowest BCUT2D eigenvalue weighted by molar-refractivity contribution is -0.137. The summed E-state index contributed by atoms with van der Waals surface area (Å²) in [7, 11) is 0. The quantitative estimate of drug-likeness (QED) is 0.554. The van der Waals surface area contributed by atoms with E-state index in [-0.39, 0.29) is 12.3 Å². The lowest BCUT2D eigenvalue weighted by Crippen LogP contribution is -2.10. The molecule has 0 amide bonds. The van der Waals surface area contributed by atoms with E-state index in [1.54, 1.807) is 6.92 Å². The van der Waals surface area contributed by atoms with Crippen molar-refractivity contribution >= 4 is 16.9 Å². The Morgan fingerprint density at radius 3 is 2.87 bits per heavy atom. The SMILES string of the molecule is CC#C[C@@H](CC(=O)O)c1ccc(OCc2ccc3nn(CC4CCOC4)cc3c2)cc1. The van der Waals surface area contributed by atoms with Gasteiger partial charge in [-0.15, -0.1) is 5.92 Å². The van der Waals surface area contributed by atoms with Gasteiger partial charge in [-0.25, -0.2) is 0 Å². The summed E-state index contributed by atoms with van der Waals surface area (Å²) in [6.45, 7) is 4.72. The molecular formula is C25H26N2O4. The van der Waals surface area contributed by atoms with Gasteiger partial charge in [0.25, 0.3) is 0 Å². The van der Waals surface area contributed by atoms with Crippen molar-refractivity contribution in [2.24, 2.45) is 5.92 Å². The Bertz CT molecular complexity index is 1100. The first-order valence-electron chi connectivity index (χ1n) is 10.5. The van der Waals surface area contributed by atoms with Gasteiger partial charge in [0.2, 0.25) is 0 Å². The minimum absolute atomic E-state index is 0.0114. The smallest absolute Gasteiger partial charge is 0.304 e. The van der Waals surface area contributed by atoms with Gasteiger partial charge in [-0.1, -0.05) is 24.1 Å². The maximum atomic E-state index is 11.1. The number of nitrogens with zero attached hydrogens (tertiary/aromatic N) is 2. The summed E-state index contributed by atoms with van der Waals surface area (Å²) in [5.41, 5.74) is 2.93. The molecule has 3 aromatic rings. The van der Waals surface area contributed by atoms with Crippen molar-refractivity contribution in [2.45, 2.75) is 38.8 Å². The number of carboxylic acid groups (broad SMARTS) is 1.